The molecule has 2 aliphatic heterocycles. The number of carbonyl (C=O) groups is 1. The van der Waals surface area contributed by atoms with E-state index in [1.807, 2.05) is 18.2 Å². The number of aliphatic hydroxyl groups is 1. The molecule has 0 saturated carbocycles. The van der Waals surface area contributed by atoms with Crippen molar-refractivity contribution in [2.24, 2.45) is 0 Å². The molecule has 1 aromatic heterocycles. The second-order valence-electron chi connectivity index (χ2n) is 9.41. The Kier molecular flexibility index (Phi) is 8.61. The van der Waals surface area contributed by atoms with Gasteiger partial charge in [-0.25, -0.2) is 8.42 Å². The Morgan fingerprint density at radius 2 is 1.86 bits per heavy atom. The molecule has 2 aliphatic rings. The van der Waals surface area contributed by atoms with E-state index in [2.05, 4.69) is 4.98 Å². The molecule has 1 N–H and O–H groups in total. The van der Waals surface area contributed by atoms with Crippen molar-refractivity contribution in [3.05, 3.63) is 54.4 Å². The fourth-order valence-corrected chi connectivity index (χ4v) is 6.68. The van der Waals surface area contributed by atoms with Crippen LogP contribution >= 0.6 is 0 Å². The maximum absolute atomic E-state index is 13.3. The summed E-state index contributed by atoms with van der Waals surface area (Å²) in [7, 11) is -2.08. The van der Waals surface area contributed by atoms with Gasteiger partial charge in [-0.05, 0) is 68.5 Å². The van der Waals surface area contributed by atoms with Gasteiger partial charge < -0.3 is 19.5 Å². The molecule has 3 heterocycles. The summed E-state index contributed by atoms with van der Waals surface area (Å²) >= 11 is 0. The summed E-state index contributed by atoms with van der Waals surface area (Å²) in [5, 5.41) is 10.9. The van der Waals surface area contributed by atoms with Gasteiger partial charge in [-0.2, -0.15) is 4.31 Å². The van der Waals surface area contributed by atoms with E-state index in [1.165, 1.54) is 0 Å². The molecule has 1 unspecified atom stereocenters. The second-order valence-corrected chi connectivity index (χ2v) is 11.3. The first-order valence-corrected chi connectivity index (χ1v) is 13.9. The summed E-state index contributed by atoms with van der Waals surface area (Å²) in [5.41, 5.74) is -0.381. The standard InChI is InChI=1S/C26H35N3O6S/c1-34-22-8-10-23(11-9-22)36(32,33)29-16-5-3-6-21(29)12-19-35-20-25(30)28-17-13-26(31,14-18-28)24-7-2-4-15-27-24/h2,4,7-11,15,21,31H,3,5-6,12-14,16-20H2,1H3. The van der Waals surface area contributed by atoms with Crippen molar-refractivity contribution >= 4 is 15.9 Å². The molecule has 9 nitrogen and oxygen atoms in total. The Morgan fingerprint density at radius 1 is 1.11 bits per heavy atom. The summed E-state index contributed by atoms with van der Waals surface area (Å²) in [6, 6.07) is 11.8. The molecule has 1 amide bonds. The highest BCUT2D eigenvalue weighted by Crippen LogP contribution is 2.31. The molecule has 2 saturated heterocycles. The number of ether oxygens (including phenoxy) is 2. The van der Waals surface area contributed by atoms with E-state index in [9.17, 15) is 18.3 Å². The summed E-state index contributed by atoms with van der Waals surface area (Å²) in [6.45, 7) is 1.60. The van der Waals surface area contributed by atoms with Crippen molar-refractivity contribution in [2.75, 3.05) is 40.0 Å². The predicted octanol–water partition coefficient (Wildman–Crippen LogP) is 2.55. The molecule has 0 bridgehead atoms. The van der Waals surface area contributed by atoms with Gasteiger partial charge in [0.1, 0.15) is 18.0 Å². The number of likely N-dealkylation sites (tertiary alicyclic amines) is 1. The van der Waals surface area contributed by atoms with Crippen LogP contribution in [0.5, 0.6) is 5.75 Å². The van der Waals surface area contributed by atoms with E-state index in [0.717, 1.165) is 19.3 Å². The SMILES string of the molecule is COc1ccc(S(=O)(=O)N2CCCCC2CCOCC(=O)N2CCC(O)(c3ccccn3)CC2)cc1. The van der Waals surface area contributed by atoms with Crippen molar-refractivity contribution in [2.45, 2.75) is 55.1 Å². The number of pyridine rings is 1. The van der Waals surface area contributed by atoms with E-state index in [0.29, 0.717) is 56.9 Å². The van der Waals surface area contributed by atoms with E-state index < -0.39 is 15.6 Å². The number of sulfonamides is 1. The zero-order chi connectivity index (χ0) is 25.6. The molecule has 36 heavy (non-hydrogen) atoms. The monoisotopic (exact) mass is 517 g/mol. The molecule has 2 fully saturated rings. The van der Waals surface area contributed by atoms with Gasteiger partial charge in [-0.15, -0.1) is 0 Å². The summed E-state index contributed by atoms with van der Waals surface area (Å²) in [4.78, 5) is 18.9. The summed E-state index contributed by atoms with van der Waals surface area (Å²) in [6.07, 6.45) is 5.60. The lowest BCUT2D eigenvalue weighted by Crippen LogP contribution is -2.46. The number of rotatable bonds is 9. The van der Waals surface area contributed by atoms with Crippen molar-refractivity contribution < 1.29 is 27.8 Å². The lowest BCUT2D eigenvalue weighted by atomic mass is 9.88. The number of nitrogens with zero attached hydrogens (tertiary/aromatic N) is 3. The largest absolute Gasteiger partial charge is 0.497 e. The molecule has 1 aromatic carbocycles. The van der Waals surface area contributed by atoms with Crippen LogP contribution < -0.4 is 4.74 Å². The second kappa shape index (κ2) is 11.7. The van der Waals surface area contributed by atoms with Crippen LogP contribution in [0.4, 0.5) is 0 Å². The van der Waals surface area contributed by atoms with Gasteiger partial charge in [-0.1, -0.05) is 12.5 Å². The number of methoxy groups -OCH3 is 1. The Labute approximate surface area is 213 Å². The maximum atomic E-state index is 13.3. The van der Waals surface area contributed by atoms with Crippen LogP contribution in [0.3, 0.4) is 0 Å². The molecule has 0 aliphatic carbocycles. The van der Waals surface area contributed by atoms with Crippen molar-refractivity contribution in [1.29, 1.82) is 0 Å². The Hall–Kier alpha value is -2.53. The highest BCUT2D eigenvalue weighted by Gasteiger charge is 2.37. The Morgan fingerprint density at radius 3 is 2.53 bits per heavy atom. The van der Waals surface area contributed by atoms with Crippen LogP contribution in [0.25, 0.3) is 0 Å². The van der Waals surface area contributed by atoms with Crippen molar-refractivity contribution in [3.8, 4) is 5.75 Å². The van der Waals surface area contributed by atoms with Gasteiger partial charge >= 0.3 is 0 Å². The summed E-state index contributed by atoms with van der Waals surface area (Å²) < 4.78 is 38.9. The smallest absolute Gasteiger partial charge is 0.248 e. The molecule has 2 aromatic rings. The topological polar surface area (TPSA) is 109 Å². The zero-order valence-electron chi connectivity index (χ0n) is 20.7. The molecular formula is C26H35N3O6S. The predicted molar refractivity (Wildman–Crippen MR) is 134 cm³/mol. The first kappa shape index (κ1) is 26.5. The molecule has 4 rings (SSSR count). The fraction of sp³-hybridized carbons (Fsp3) is 0.538. The lowest BCUT2D eigenvalue weighted by Gasteiger charge is -2.37. The minimum atomic E-state index is -3.62. The van der Waals surface area contributed by atoms with E-state index >= 15 is 0 Å². The highest BCUT2D eigenvalue weighted by molar-refractivity contribution is 7.89. The molecule has 1 atom stereocenters. The van der Waals surface area contributed by atoms with Crippen molar-refractivity contribution in [3.63, 3.8) is 0 Å². The van der Waals surface area contributed by atoms with Gasteiger partial charge in [-0.3, -0.25) is 9.78 Å². The summed E-state index contributed by atoms with van der Waals surface area (Å²) in [5.74, 6) is 0.488. The van der Waals surface area contributed by atoms with Gasteiger partial charge in [0, 0.05) is 38.5 Å². The molecular weight excluding hydrogens is 482 g/mol. The van der Waals surface area contributed by atoms with Crippen LogP contribution in [0.1, 0.15) is 44.2 Å². The molecule has 196 valence electrons. The fourth-order valence-electron chi connectivity index (χ4n) is 4.95. The Balaban J connectivity index is 1.25. The average molecular weight is 518 g/mol. The van der Waals surface area contributed by atoms with E-state index in [4.69, 9.17) is 9.47 Å². The minimum absolute atomic E-state index is 0.0556. The number of aromatic nitrogens is 1. The van der Waals surface area contributed by atoms with Crippen LogP contribution in [0.2, 0.25) is 0 Å². The molecule has 0 spiro atoms. The number of piperidine rings is 2. The third kappa shape index (κ3) is 6.05. The number of benzene rings is 1. The zero-order valence-corrected chi connectivity index (χ0v) is 21.5. The number of amides is 1. The minimum Gasteiger partial charge on any atom is -0.497 e. The third-order valence-corrected chi connectivity index (χ3v) is 9.11. The number of carbonyl (C=O) groups excluding carboxylic acids is 1. The third-order valence-electron chi connectivity index (χ3n) is 7.15. The van der Waals surface area contributed by atoms with Crippen molar-refractivity contribution in [1.82, 2.24) is 14.2 Å². The van der Waals surface area contributed by atoms with Gasteiger partial charge in [0.15, 0.2) is 0 Å². The molecule has 0 radical (unpaired) electrons. The first-order valence-electron chi connectivity index (χ1n) is 12.5. The number of hydrogen-bond donors (Lipinski definition) is 1. The van der Waals surface area contributed by atoms with Crippen LogP contribution in [-0.4, -0.2) is 79.6 Å². The lowest BCUT2D eigenvalue weighted by molar-refractivity contribution is -0.141. The first-order chi connectivity index (χ1) is 17.3. The van der Waals surface area contributed by atoms with Crippen LogP contribution in [0, 0.1) is 0 Å². The van der Waals surface area contributed by atoms with Gasteiger partial charge in [0.05, 0.1) is 17.7 Å². The Bertz CT molecular complexity index is 1100. The van der Waals surface area contributed by atoms with Crippen LogP contribution in [-0.2, 0) is 25.2 Å². The van der Waals surface area contributed by atoms with E-state index in [1.54, 1.807) is 46.8 Å². The van der Waals surface area contributed by atoms with Gasteiger partial charge in [0.2, 0.25) is 15.9 Å². The average Bonchev–Trinajstić information content (AvgIpc) is 2.92. The number of hydrogen-bond acceptors (Lipinski definition) is 7. The highest BCUT2D eigenvalue weighted by atomic mass is 32.2. The van der Waals surface area contributed by atoms with E-state index in [-0.39, 0.29) is 23.5 Å². The maximum Gasteiger partial charge on any atom is 0.248 e. The van der Waals surface area contributed by atoms with Crippen LogP contribution in [0.15, 0.2) is 53.6 Å². The normalized spacial score (nSPS) is 20.7. The van der Waals surface area contributed by atoms with Gasteiger partial charge in [0.25, 0.3) is 0 Å². The quantitative estimate of drug-likeness (QED) is 0.509. The molecule has 10 heteroatoms.